The highest BCUT2D eigenvalue weighted by atomic mass is 35.5. The third-order valence-electron chi connectivity index (χ3n) is 4.10. The summed E-state index contributed by atoms with van der Waals surface area (Å²) in [5, 5.41) is 0.711. The molecule has 1 fully saturated rings. The summed E-state index contributed by atoms with van der Waals surface area (Å²) in [6, 6.07) is 1.81. The van der Waals surface area contributed by atoms with Crippen LogP contribution in [-0.2, 0) is 5.41 Å². The van der Waals surface area contributed by atoms with Gasteiger partial charge in [0.1, 0.15) is 0 Å². The molecule has 1 aromatic carbocycles. The van der Waals surface area contributed by atoms with E-state index in [-0.39, 0.29) is 5.41 Å². The zero-order chi connectivity index (χ0) is 13.3. The Kier molecular flexibility index (Phi) is 3.74. The lowest BCUT2D eigenvalue weighted by Crippen LogP contribution is -2.42. The minimum absolute atomic E-state index is 0.00755. The molecule has 0 spiro atoms. The maximum Gasteiger partial charge on any atom is 0.164 e. The lowest BCUT2D eigenvalue weighted by molar-refractivity contribution is 0.239. The number of halogens is 1. The summed E-state index contributed by atoms with van der Waals surface area (Å²) < 4.78 is 10.9. The Morgan fingerprint density at radius 1 is 1.33 bits per heavy atom. The number of nitrogens with two attached hydrogens (primary N) is 1. The van der Waals surface area contributed by atoms with Crippen LogP contribution in [0, 0.1) is 6.92 Å². The first-order chi connectivity index (χ1) is 8.59. The van der Waals surface area contributed by atoms with Crippen LogP contribution in [0.3, 0.4) is 0 Å². The van der Waals surface area contributed by atoms with Crippen LogP contribution in [0.25, 0.3) is 0 Å². The molecule has 1 saturated carbocycles. The second kappa shape index (κ2) is 4.98. The van der Waals surface area contributed by atoms with E-state index in [0.29, 0.717) is 17.3 Å². The van der Waals surface area contributed by atoms with Crippen molar-refractivity contribution < 1.29 is 9.47 Å². The first-order valence-corrected chi connectivity index (χ1v) is 6.59. The van der Waals surface area contributed by atoms with Gasteiger partial charge in [0.25, 0.3) is 0 Å². The van der Waals surface area contributed by atoms with Gasteiger partial charge in [0.05, 0.1) is 14.2 Å². The van der Waals surface area contributed by atoms with Crippen LogP contribution < -0.4 is 15.2 Å². The van der Waals surface area contributed by atoms with Crippen molar-refractivity contribution in [3.05, 3.63) is 22.2 Å². The van der Waals surface area contributed by atoms with Crippen molar-refractivity contribution in [3.8, 4) is 11.5 Å². The summed E-state index contributed by atoms with van der Waals surface area (Å²) in [4.78, 5) is 0. The molecule has 18 heavy (non-hydrogen) atoms. The molecule has 0 bridgehead atoms. The SMILES string of the molecule is COc1cc(Cl)c(C)c(C2(CN)CCC2)c1OC. The van der Waals surface area contributed by atoms with Crippen molar-refractivity contribution >= 4 is 11.6 Å². The van der Waals surface area contributed by atoms with E-state index >= 15 is 0 Å². The molecular weight excluding hydrogens is 250 g/mol. The van der Waals surface area contributed by atoms with E-state index in [1.54, 1.807) is 14.2 Å². The Labute approximate surface area is 113 Å². The second-order valence-corrected chi connectivity index (χ2v) is 5.34. The average Bonchev–Trinajstić information content (AvgIpc) is 2.33. The highest BCUT2D eigenvalue weighted by molar-refractivity contribution is 6.31. The van der Waals surface area contributed by atoms with Crippen LogP contribution in [0.5, 0.6) is 11.5 Å². The minimum atomic E-state index is 0.00755. The van der Waals surface area contributed by atoms with Gasteiger partial charge in [-0.2, -0.15) is 0 Å². The molecule has 0 unspecified atom stereocenters. The predicted octanol–water partition coefficient (Wildman–Crippen LogP) is 3.05. The van der Waals surface area contributed by atoms with Gasteiger partial charge in [-0.3, -0.25) is 0 Å². The van der Waals surface area contributed by atoms with Crippen molar-refractivity contribution in [3.63, 3.8) is 0 Å². The fourth-order valence-corrected chi connectivity index (χ4v) is 3.05. The third-order valence-corrected chi connectivity index (χ3v) is 4.49. The Morgan fingerprint density at radius 3 is 2.39 bits per heavy atom. The second-order valence-electron chi connectivity index (χ2n) is 4.93. The first kappa shape index (κ1) is 13.5. The number of hydrogen-bond acceptors (Lipinski definition) is 3. The Hall–Kier alpha value is -0.930. The summed E-state index contributed by atoms with van der Waals surface area (Å²) in [5.74, 6) is 1.47. The third kappa shape index (κ3) is 1.86. The largest absolute Gasteiger partial charge is 0.493 e. The monoisotopic (exact) mass is 269 g/mol. The van der Waals surface area contributed by atoms with Crippen LogP contribution in [-0.4, -0.2) is 20.8 Å². The molecule has 1 aromatic rings. The quantitative estimate of drug-likeness (QED) is 0.914. The van der Waals surface area contributed by atoms with Gasteiger partial charge in [0.2, 0.25) is 0 Å². The highest BCUT2D eigenvalue weighted by Crippen LogP contribution is 2.51. The fourth-order valence-electron chi connectivity index (χ4n) is 2.85. The molecule has 100 valence electrons. The smallest absolute Gasteiger partial charge is 0.164 e. The van der Waals surface area contributed by atoms with E-state index < -0.39 is 0 Å². The van der Waals surface area contributed by atoms with Gasteiger partial charge in [-0.15, -0.1) is 0 Å². The summed E-state index contributed by atoms with van der Waals surface area (Å²) in [6.45, 7) is 2.64. The number of benzene rings is 1. The van der Waals surface area contributed by atoms with Crippen LogP contribution in [0.2, 0.25) is 5.02 Å². The van der Waals surface area contributed by atoms with Gasteiger partial charge in [-0.1, -0.05) is 18.0 Å². The van der Waals surface area contributed by atoms with E-state index in [9.17, 15) is 0 Å². The van der Waals surface area contributed by atoms with Gasteiger partial charge >= 0.3 is 0 Å². The molecule has 0 aromatic heterocycles. The van der Waals surface area contributed by atoms with Crippen molar-refractivity contribution in [2.45, 2.75) is 31.6 Å². The molecule has 0 radical (unpaired) electrons. The van der Waals surface area contributed by atoms with Crippen molar-refractivity contribution in [1.82, 2.24) is 0 Å². The number of rotatable bonds is 4. The lowest BCUT2D eigenvalue weighted by atomic mass is 9.63. The molecule has 0 amide bonds. The molecule has 4 heteroatoms. The molecule has 0 atom stereocenters. The average molecular weight is 270 g/mol. The highest BCUT2D eigenvalue weighted by Gasteiger charge is 2.42. The van der Waals surface area contributed by atoms with E-state index in [1.165, 1.54) is 6.42 Å². The minimum Gasteiger partial charge on any atom is -0.493 e. The normalized spacial score (nSPS) is 17.2. The summed E-state index contributed by atoms with van der Waals surface area (Å²) in [5.41, 5.74) is 8.19. The Bertz CT molecular complexity index is 450. The molecule has 0 heterocycles. The Balaban J connectivity index is 2.66. The molecular formula is C14H20ClNO2. The number of hydrogen-bond donors (Lipinski definition) is 1. The molecule has 1 aliphatic rings. The number of methoxy groups -OCH3 is 2. The van der Waals surface area contributed by atoms with E-state index in [0.717, 1.165) is 29.7 Å². The van der Waals surface area contributed by atoms with E-state index in [2.05, 4.69) is 0 Å². The van der Waals surface area contributed by atoms with Gasteiger partial charge < -0.3 is 15.2 Å². The van der Waals surface area contributed by atoms with Crippen molar-refractivity contribution in [2.24, 2.45) is 5.73 Å². The fraction of sp³-hybridized carbons (Fsp3) is 0.571. The molecule has 2 N–H and O–H groups in total. The molecule has 2 rings (SSSR count). The van der Waals surface area contributed by atoms with Crippen LogP contribution in [0.1, 0.15) is 30.4 Å². The van der Waals surface area contributed by atoms with Gasteiger partial charge in [0.15, 0.2) is 11.5 Å². The maximum absolute atomic E-state index is 6.29. The molecule has 0 saturated heterocycles. The van der Waals surface area contributed by atoms with Crippen LogP contribution in [0.4, 0.5) is 0 Å². The molecule has 0 aliphatic heterocycles. The van der Waals surface area contributed by atoms with E-state index in [1.807, 2.05) is 13.0 Å². The topological polar surface area (TPSA) is 44.5 Å². The van der Waals surface area contributed by atoms with Crippen LogP contribution >= 0.6 is 11.6 Å². The van der Waals surface area contributed by atoms with Crippen molar-refractivity contribution in [1.29, 1.82) is 0 Å². The zero-order valence-electron chi connectivity index (χ0n) is 11.2. The molecule has 1 aliphatic carbocycles. The molecule has 3 nitrogen and oxygen atoms in total. The van der Waals surface area contributed by atoms with Gasteiger partial charge in [-0.25, -0.2) is 0 Å². The Morgan fingerprint density at radius 2 is 2.00 bits per heavy atom. The van der Waals surface area contributed by atoms with Gasteiger partial charge in [0, 0.05) is 28.6 Å². The summed E-state index contributed by atoms with van der Waals surface area (Å²) in [6.07, 6.45) is 3.38. The van der Waals surface area contributed by atoms with Gasteiger partial charge in [-0.05, 0) is 25.3 Å². The predicted molar refractivity (Wildman–Crippen MR) is 73.9 cm³/mol. The standard InChI is InChI=1S/C14H20ClNO2/c1-9-10(15)7-11(17-2)13(18-3)12(9)14(8-16)5-4-6-14/h7H,4-6,8,16H2,1-3H3. The number of ether oxygens (including phenoxy) is 2. The lowest BCUT2D eigenvalue weighted by Gasteiger charge is -2.43. The zero-order valence-corrected chi connectivity index (χ0v) is 11.9. The summed E-state index contributed by atoms with van der Waals surface area (Å²) >= 11 is 6.29. The summed E-state index contributed by atoms with van der Waals surface area (Å²) in [7, 11) is 3.29. The van der Waals surface area contributed by atoms with Crippen LogP contribution in [0.15, 0.2) is 6.07 Å². The van der Waals surface area contributed by atoms with Crippen molar-refractivity contribution in [2.75, 3.05) is 20.8 Å². The van der Waals surface area contributed by atoms with E-state index in [4.69, 9.17) is 26.8 Å². The first-order valence-electron chi connectivity index (χ1n) is 6.21. The maximum atomic E-state index is 6.29.